The SMILES string of the molecule is CCCCCCCCCCCCOC(=O)CCNC(=O)c1ccco1. The number of hydrogen-bond acceptors (Lipinski definition) is 4. The van der Waals surface area contributed by atoms with Gasteiger partial charge in [0, 0.05) is 6.54 Å². The van der Waals surface area contributed by atoms with Gasteiger partial charge in [0.25, 0.3) is 5.91 Å². The number of amides is 1. The Hall–Kier alpha value is -1.78. The lowest BCUT2D eigenvalue weighted by Crippen LogP contribution is -2.26. The maximum Gasteiger partial charge on any atom is 0.307 e. The molecule has 0 radical (unpaired) electrons. The number of furan rings is 1. The fourth-order valence-corrected chi connectivity index (χ4v) is 2.62. The molecule has 25 heavy (non-hydrogen) atoms. The largest absolute Gasteiger partial charge is 0.466 e. The van der Waals surface area contributed by atoms with Crippen molar-refractivity contribution in [1.82, 2.24) is 5.32 Å². The highest BCUT2D eigenvalue weighted by molar-refractivity contribution is 5.91. The van der Waals surface area contributed by atoms with Crippen molar-refractivity contribution in [3.63, 3.8) is 0 Å². The fourth-order valence-electron chi connectivity index (χ4n) is 2.62. The molecule has 0 aliphatic rings. The molecule has 142 valence electrons. The van der Waals surface area contributed by atoms with Crippen molar-refractivity contribution in [2.75, 3.05) is 13.2 Å². The number of esters is 1. The van der Waals surface area contributed by atoms with E-state index in [0.29, 0.717) is 6.61 Å². The van der Waals surface area contributed by atoms with Crippen molar-refractivity contribution < 1.29 is 18.7 Å². The molecule has 1 aromatic rings. The van der Waals surface area contributed by atoms with Crippen molar-refractivity contribution >= 4 is 11.9 Å². The van der Waals surface area contributed by atoms with Crippen molar-refractivity contribution in [3.05, 3.63) is 24.2 Å². The zero-order valence-electron chi connectivity index (χ0n) is 15.6. The summed E-state index contributed by atoms with van der Waals surface area (Å²) in [6, 6.07) is 3.23. The molecule has 5 nitrogen and oxygen atoms in total. The summed E-state index contributed by atoms with van der Waals surface area (Å²) in [7, 11) is 0. The van der Waals surface area contributed by atoms with Crippen molar-refractivity contribution in [3.8, 4) is 0 Å². The number of ether oxygens (including phenoxy) is 1. The Balaban J connectivity index is 1.85. The number of hydrogen-bond donors (Lipinski definition) is 1. The highest BCUT2D eigenvalue weighted by atomic mass is 16.5. The van der Waals surface area contributed by atoms with Crippen LogP contribution in [0.25, 0.3) is 0 Å². The van der Waals surface area contributed by atoms with Gasteiger partial charge in [0.05, 0.1) is 19.3 Å². The molecule has 0 fully saturated rings. The van der Waals surface area contributed by atoms with Gasteiger partial charge in [0.15, 0.2) is 5.76 Å². The van der Waals surface area contributed by atoms with Crippen LogP contribution >= 0.6 is 0 Å². The minimum atomic E-state index is -0.313. The number of carbonyl (C=O) groups excluding carboxylic acids is 2. The second-order valence-corrected chi connectivity index (χ2v) is 6.39. The van der Waals surface area contributed by atoms with Crippen LogP contribution in [-0.2, 0) is 9.53 Å². The van der Waals surface area contributed by atoms with Crippen molar-refractivity contribution in [2.45, 2.75) is 77.6 Å². The molecule has 0 aromatic carbocycles. The summed E-state index contributed by atoms with van der Waals surface area (Å²) >= 11 is 0. The average Bonchev–Trinajstić information content (AvgIpc) is 3.14. The van der Waals surface area contributed by atoms with Crippen LogP contribution in [-0.4, -0.2) is 25.0 Å². The average molecular weight is 351 g/mol. The smallest absolute Gasteiger partial charge is 0.307 e. The lowest BCUT2D eigenvalue weighted by molar-refractivity contribution is -0.143. The van der Waals surface area contributed by atoms with Crippen molar-refractivity contribution in [2.24, 2.45) is 0 Å². The van der Waals surface area contributed by atoms with E-state index in [9.17, 15) is 9.59 Å². The molecule has 0 bridgehead atoms. The molecule has 1 heterocycles. The quantitative estimate of drug-likeness (QED) is 0.362. The highest BCUT2D eigenvalue weighted by Gasteiger charge is 2.09. The number of nitrogens with one attached hydrogen (secondary N) is 1. The number of rotatable bonds is 15. The molecular formula is C20H33NO4. The normalized spacial score (nSPS) is 10.6. The summed E-state index contributed by atoms with van der Waals surface area (Å²) in [5, 5.41) is 2.63. The van der Waals surface area contributed by atoms with Gasteiger partial charge in [-0.1, -0.05) is 64.7 Å². The molecule has 1 aromatic heterocycles. The summed E-state index contributed by atoms with van der Waals surface area (Å²) in [6.45, 7) is 2.97. The van der Waals surface area contributed by atoms with Gasteiger partial charge in [-0.05, 0) is 18.6 Å². The molecular weight excluding hydrogens is 318 g/mol. The summed E-state index contributed by atoms with van der Waals surface area (Å²) in [5.41, 5.74) is 0. The zero-order valence-corrected chi connectivity index (χ0v) is 15.6. The Morgan fingerprint density at radius 1 is 1.00 bits per heavy atom. The van der Waals surface area contributed by atoms with Gasteiger partial charge in [-0.25, -0.2) is 0 Å². The Bertz CT molecular complexity index is 456. The van der Waals surface area contributed by atoms with Gasteiger partial charge >= 0.3 is 5.97 Å². The van der Waals surface area contributed by atoms with Crippen LogP contribution in [0.15, 0.2) is 22.8 Å². The predicted octanol–water partition coefficient (Wildman–Crippen LogP) is 4.86. The molecule has 0 atom stereocenters. The van der Waals surface area contributed by atoms with Gasteiger partial charge in [0.1, 0.15) is 0 Å². The summed E-state index contributed by atoms with van der Waals surface area (Å²) in [5.74, 6) is -0.332. The fraction of sp³-hybridized carbons (Fsp3) is 0.700. The lowest BCUT2D eigenvalue weighted by Gasteiger charge is -2.06. The number of unbranched alkanes of at least 4 members (excludes halogenated alkanes) is 9. The van der Waals surface area contributed by atoms with Gasteiger partial charge in [0.2, 0.25) is 0 Å². The van der Waals surface area contributed by atoms with Crippen LogP contribution in [0.2, 0.25) is 0 Å². The predicted molar refractivity (Wildman–Crippen MR) is 98.5 cm³/mol. The lowest BCUT2D eigenvalue weighted by atomic mass is 10.1. The zero-order chi connectivity index (χ0) is 18.2. The van der Waals surface area contributed by atoms with Gasteiger partial charge in [-0.2, -0.15) is 0 Å². The van der Waals surface area contributed by atoms with Crippen LogP contribution in [0.3, 0.4) is 0 Å². The summed E-state index contributed by atoms with van der Waals surface area (Å²) in [6.07, 6.45) is 14.2. The van der Waals surface area contributed by atoms with Crippen LogP contribution in [0.1, 0.15) is 88.1 Å². The second kappa shape index (κ2) is 14.6. The van der Waals surface area contributed by atoms with Crippen molar-refractivity contribution in [1.29, 1.82) is 0 Å². The summed E-state index contributed by atoms with van der Waals surface area (Å²) < 4.78 is 10.1. The van der Waals surface area contributed by atoms with Gasteiger partial charge < -0.3 is 14.5 Å². The first kappa shape index (κ1) is 21.3. The third kappa shape index (κ3) is 11.4. The topological polar surface area (TPSA) is 68.5 Å². The van der Waals surface area contributed by atoms with Crippen LogP contribution < -0.4 is 5.32 Å². The monoisotopic (exact) mass is 351 g/mol. The summed E-state index contributed by atoms with van der Waals surface area (Å²) in [4.78, 5) is 23.2. The molecule has 1 rings (SSSR count). The molecule has 1 amide bonds. The van der Waals surface area contributed by atoms with Crippen LogP contribution in [0.5, 0.6) is 0 Å². The van der Waals surface area contributed by atoms with E-state index in [1.165, 1.54) is 57.6 Å². The van der Waals surface area contributed by atoms with E-state index in [1.807, 2.05) is 0 Å². The third-order valence-electron chi connectivity index (χ3n) is 4.12. The first-order chi connectivity index (χ1) is 12.2. The Morgan fingerprint density at radius 2 is 1.64 bits per heavy atom. The Kier molecular flexibility index (Phi) is 12.4. The van der Waals surface area contributed by atoms with E-state index in [-0.39, 0.29) is 30.6 Å². The van der Waals surface area contributed by atoms with Gasteiger partial charge in [-0.15, -0.1) is 0 Å². The van der Waals surface area contributed by atoms with Gasteiger partial charge in [-0.3, -0.25) is 9.59 Å². The molecule has 0 saturated carbocycles. The minimum Gasteiger partial charge on any atom is -0.466 e. The second-order valence-electron chi connectivity index (χ2n) is 6.39. The minimum absolute atomic E-state index is 0.185. The molecule has 1 N–H and O–H groups in total. The number of carbonyl (C=O) groups is 2. The first-order valence-corrected chi connectivity index (χ1v) is 9.71. The third-order valence-corrected chi connectivity index (χ3v) is 4.12. The first-order valence-electron chi connectivity index (χ1n) is 9.71. The van der Waals surface area contributed by atoms with E-state index in [0.717, 1.165) is 12.8 Å². The molecule has 0 saturated heterocycles. The molecule has 0 aliphatic carbocycles. The maximum atomic E-state index is 11.6. The van der Waals surface area contributed by atoms with E-state index < -0.39 is 0 Å². The van der Waals surface area contributed by atoms with Crippen LogP contribution in [0, 0.1) is 0 Å². The Morgan fingerprint density at radius 3 is 2.24 bits per heavy atom. The Labute approximate surface area is 151 Å². The van der Waals surface area contributed by atoms with E-state index in [2.05, 4.69) is 12.2 Å². The molecule has 0 unspecified atom stereocenters. The molecule has 5 heteroatoms. The van der Waals surface area contributed by atoms with E-state index in [4.69, 9.17) is 9.15 Å². The van der Waals surface area contributed by atoms with E-state index in [1.54, 1.807) is 12.1 Å². The van der Waals surface area contributed by atoms with E-state index >= 15 is 0 Å². The van der Waals surface area contributed by atoms with Crippen LogP contribution in [0.4, 0.5) is 0 Å². The maximum absolute atomic E-state index is 11.6. The molecule has 0 aliphatic heterocycles. The highest BCUT2D eigenvalue weighted by Crippen LogP contribution is 2.10. The standard InChI is InChI=1S/C20H33NO4/c1-2-3-4-5-6-7-8-9-10-11-16-25-19(22)14-15-21-20(23)18-13-12-17-24-18/h12-13,17H,2-11,14-16H2,1H3,(H,21,23). The molecule has 0 spiro atoms.